The number of carbonyl (C=O) groups excluding carboxylic acids is 1. The third-order valence-corrected chi connectivity index (χ3v) is 3.00. The van der Waals surface area contributed by atoms with Gasteiger partial charge < -0.3 is 15.3 Å². The molecule has 1 saturated carbocycles. The second-order valence-corrected chi connectivity index (χ2v) is 3.91. The van der Waals surface area contributed by atoms with Crippen molar-refractivity contribution in [3.8, 4) is 0 Å². The molecule has 14 heavy (non-hydrogen) atoms. The molecule has 0 aromatic carbocycles. The maximum atomic E-state index is 11.5. The minimum absolute atomic E-state index is 0.214. The fourth-order valence-corrected chi connectivity index (χ4v) is 1.70. The van der Waals surface area contributed by atoms with Gasteiger partial charge in [-0.1, -0.05) is 0 Å². The lowest BCUT2D eigenvalue weighted by Gasteiger charge is -2.39. The SMILES string of the molecule is O=C(O)C1CCN1C(=O)NC1CCC1. The van der Waals surface area contributed by atoms with Gasteiger partial charge in [-0.2, -0.15) is 0 Å². The molecule has 1 unspecified atom stereocenters. The summed E-state index contributed by atoms with van der Waals surface area (Å²) in [6, 6.07) is -0.541. The summed E-state index contributed by atoms with van der Waals surface area (Å²) in [5.74, 6) is -0.903. The first-order chi connectivity index (χ1) is 6.68. The second-order valence-electron chi connectivity index (χ2n) is 3.91. The third kappa shape index (κ3) is 1.54. The maximum Gasteiger partial charge on any atom is 0.326 e. The van der Waals surface area contributed by atoms with Gasteiger partial charge in [0.1, 0.15) is 6.04 Å². The zero-order chi connectivity index (χ0) is 10.1. The van der Waals surface area contributed by atoms with Gasteiger partial charge in [0.2, 0.25) is 0 Å². The first-order valence-electron chi connectivity index (χ1n) is 4.98. The van der Waals surface area contributed by atoms with Gasteiger partial charge in [0.05, 0.1) is 0 Å². The second kappa shape index (κ2) is 3.48. The summed E-state index contributed by atoms with van der Waals surface area (Å²) in [4.78, 5) is 23.5. The van der Waals surface area contributed by atoms with Crippen LogP contribution in [0, 0.1) is 0 Å². The molecule has 2 rings (SSSR count). The molecule has 1 aliphatic heterocycles. The van der Waals surface area contributed by atoms with Crippen molar-refractivity contribution in [2.75, 3.05) is 6.54 Å². The van der Waals surface area contributed by atoms with Crippen LogP contribution in [0.2, 0.25) is 0 Å². The number of nitrogens with zero attached hydrogens (tertiary/aromatic N) is 1. The number of carbonyl (C=O) groups is 2. The zero-order valence-electron chi connectivity index (χ0n) is 7.90. The predicted molar refractivity (Wildman–Crippen MR) is 48.9 cm³/mol. The van der Waals surface area contributed by atoms with Gasteiger partial charge in [0.25, 0.3) is 0 Å². The number of aliphatic carboxylic acids is 1. The lowest BCUT2D eigenvalue weighted by Crippen LogP contribution is -2.60. The molecule has 2 fully saturated rings. The van der Waals surface area contributed by atoms with Crippen LogP contribution in [0.3, 0.4) is 0 Å². The standard InChI is InChI=1S/C9H14N2O3/c12-8(13)7-4-5-11(7)9(14)10-6-2-1-3-6/h6-7H,1-5H2,(H,10,14)(H,12,13). The van der Waals surface area contributed by atoms with E-state index in [1.165, 1.54) is 4.90 Å². The molecule has 1 aliphatic carbocycles. The summed E-state index contributed by atoms with van der Waals surface area (Å²) in [6.45, 7) is 0.565. The highest BCUT2D eigenvalue weighted by Crippen LogP contribution is 2.21. The molecule has 78 valence electrons. The quantitative estimate of drug-likeness (QED) is 0.675. The molecule has 0 spiro atoms. The molecule has 2 N–H and O–H groups in total. The van der Waals surface area contributed by atoms with Crippen LogP contribution in [-0.4, -0.2) is 40.6 Å². The average Bonchev–Trinajstić information content (AvgIpc) is 1.93. The normalized spacial score (nSPS) is 26.3. The summed E-state index contributed by atoms with van der Waals surface area (Å²) in [5, 5.41) is 11.6. The molecule has 0 aromatic heterocycles. The van der Waals surface area contributed by atoms with Crippen LogP contribution in [0.5, 0.6) is 0 Å². The Kier molecular flexibility index (Phi) is 2.31. The number of rotatable bonds is 2. The average molecular weight is 198 g/mol. The van der Waals surface area contributed by atoms with Crippen LogP contribution in [0.25, 0.3) is 0 Å². The van der Waals surface area contributed by atoms with Gasteiger partial charge in [-0.15, -0.1) is 0 Å². The number of hydrogen-bond acceptors (Lipinski definition) is 2. The molecule has 2 amide bonds. The van der Waals surface area contributed by atoms with E-state index in [1.807, 2.05) is 0 Å². The van der Waals surface area contributed by atoms with E-state index < -0.39 is 12.0 Å². The van der Waals surface area contributed by atoms with Gasteiger partial charge in [-0.25, -0.2) is 9.59 Å². The molecule has 1 atom stereocenters. The Morgan fingerprint density at radius 1 is 1.29 bits per heavy atom. The summed E-state index contributed by atoms with van der Waals surface area (Å²) in [6.07, 6.45) is 3.79. The summed E-state index contributed by atoms with van der Waals surface area (Å²) < 4.78 is 0. The van der Waals surface area contributed by atoms with Crippen LogP contribution >= 0.6 is 0 Å². The van der Waals surface area contributed by atoms with Crippen LogP contribution in [0.4, 0.5) is 4.79 Å². The molecule has 5 heteroatoms. The molecule has 1 heterocycles. The highest BCUT2D eigenvalue weighted by molar-refractivity contribution is 5.84. The van der Waals surface area contributed by atoms with Crippen molar-refractivity contribution < 1.29 is 14.7 Å². The molecule has 1 saturated heterocycles. The molecule has 2 aliphatic rings. The Balaban J connectivity index is 1.82. The van der Waals surface area contributed by atoms with Gasteiger partial charge in [-0.05, 0) is 25.7 Å². The van der Waals surface area contributed by atoms with E-state index in [4.69, 9.17) is 5.11 Å². The predicted octanol–water partition coefficient (Wildman–Crippen LogP) is 0.407. The molecule has 5 nitrogen and oxygen atoms in total. The number of carboxylic acid groups (broad SMARTS) is 1. The van der Waals surface area contributed by atoms with E-state index in [-0.39, 0.29) is 12.1 Å². The first-order valence-corrected chi connectivity index (χ1v) is 4.98. The molecular weight excluding hydrogens is 184 g/mol. The van der Waals surface area contributed by atoms with Crippen molar-refractivity contribution >= 4 is 12.0 Å². The van der Waals surface area contributed by atoms with Crippen molar-refractivity contribution in [3.63, 3.8) is 0 Å². The first kappa shape index (κ1) is 9.30. The summed E-state index contributed by atoms with van der Waals surface area (Å²) >= 11 is 0. The summed E-state index contributed by atoms with van der Waals surface area (Å²) in [5.41, 5.74) is 0. The van der Waals surface area contributed by atoms with Crippen molar-refractivity contribution in [3.05, 3.63) is 0 Å². The van der Waals surface area contributed by atoms with Gasteiger partial charge >= 0.3 is 12.0 Å². The van der Waals surface area contributed by atoms with E-state index in [1.54, 1.807) is 0 Å². The highest BCUT2D eigenvalue weighted by Gasteiger charge is 2.38. The van der Waals surface area contributed by atoms with Crippen LogP contribution in [-0.2, 0) is 4.79 Å². The number of likely N-dealkylation sites (tertiary alicyclic amines) is 1. The molecule has 0 aromatic rings. The number of urea groups is 1. The summed E-state index contributed by atoms with van der Waals surface area (Å²) in [7, 11) is 0. The Bertz CT molecular complexity index is 263. The molecule has 0 bridgehead atoms. The van der Waals surface area contributed by atoms with Crippen molar-refractivity contribution in [1.29, 1.82) is 0 Å². The Morgan fingerprint density at radius 3 is 2.36 bits per heavy atom. The fraction of sp³-hybridized carbons (Fsp3) is 0.778. The van der Waals surface area contributed by atoms with Crippen molar-refractivity contribution in [1.82, 2.24) is 10.2 Å². The van der Waals surface area contributed by atoms with E-state index in [2.05, 4.69) is 5.32 Å². The van der Waals surface area contributed by atoms with Crippen LogP contribution < -0.4 is 5.32 Å². The van der Waals surface area contributed by atoms with E-state index in [0.29, 0.717) is 13.0 Å². The smallest absolute Gasteiger partial charge is 0.326 e. The number of hydrogen-bond donors (Lipinski definition) is 2. The lowest BCUT2D eigenvalue weighted by molar-refractivity contribution is -0.146. The maximum absolute atomic E-state index is 11.5. The van der Waals surface area contributed by atoms with Crippen LogP contribution in [0.1, 0.15) is 25.7 Å². The van der Waals surface area contributed by atoms with E-state index in [0.717, 1.165) is 19.3 Å². The minimum Gasteiger partial charge on any atom is -0.480 e. The number of carboxylic acids is 1. The topological polar surface area (TPSA) is 69.6 Å². The Labute approximate surface area is 82.1 Å². The minimum atomic E-state index is -0.903. The lowest BCUT2D eigenvalue weighted by atomic mass is 9.93. The Morgan fingerprint density at radius 2 is 2.00 bits per heavy atom. The van der Waals surface area contributed by atoms with Gasteiger partial charge in [0, 0.05) is 12.6 Å². The van der Waals surface area contributed by atoms with Gasteiger partial charge in [0.15, 0.2) is 0 Å². The number of nitrogens with one attached hydrogen (secondary N) is 1. The Hall–Kier alpha value is -1.26. The van der Waals surface area contributed by atoms with Gasteiger partial charge in [-0.3, -0.25) is 0 Å². The van der Waals surface area contributed by atoms with Crippen LogP contribution in [0.15, 0.2) is 0 Å². The zero-order valence-corrected chi connectivity index (χ0v) is 7.90. The number of amides is 2. The van der Waals surface area contributed by atoms with Crippen molar-refractivity contribution in [2.45, 2.75) is 37.8 Å². The molecule has 0 radical (unpaired) electrons. The fourth-order valence-electron chi connectivity index (χ4n) is 1.70. The van der Waals surface area contributed by atoms with Crippen molar-refractivity contribution in [2.24, 2.45) is 0 Å². The third-order valence-electron chi connectivity index (χ3n) is 3.00. The van der Waals surface area contributed by atoms with E-state index >= 15 is 0 Å². The largest absolute Gasteiger partial charge is 0.480 e. The molecular formula is C9H14N2O3. The monoisotopic (exact) mass is 198 g/mol. The highest BCUT2D eigenvalue weighted by atomic mass is 16.4. The van der Waals surface area contributed by atoms with E-state index in [9.17, 15) is 9.59 Å².